The maximum Gasteiger partial charge on any atom is 0.236 e. The lowest BCUT2D eigenvalue weighted by Gasteiger charge is -2.44. The second-order valence-corrected chi connectivity index (χ2v) is 4.88. The van der Waals surface area contributed by atoms with Gasteiger partial charge >= 0.3 is 0 Å². The van der Waals surface area contributed by atoms with Crippen molar-refractivity contribution in [3.8, 4) is 0 Å². The van der Waals surface area contributed by atoms with Crippen molar-refractivity contribution in [2.24, 2.45) is 11.7 Å². The van der Waals surface area contributed by atoms with Gasteiger partial charge in [-0.2, -0.15) is 0 Å². The van der Waals surface area contributed by atoms with E-state index < -0.39 is 0 Å². The monoisotopic (exact) mass is 220 g/mol. The van der Waals surface area contributed by atoms with E-state index in [9.17, 15) is 4.79 Å². The van der Waals surface area contributed by atoms with Crippen LogP contribution in [0.1, 0.15) is 33.1 Å². The number of nitrogens with zero attached hydrogens (tertiary/aromatic N) is 1. The van der Waals surface area contributed by atoms with E-state index in [-0.39, 0.29) is 11.8 Å². The van der Waals surface area contributed by atoms with Crippen LogP contribution in [0, 0.1) is 5.92 Å². The van der Waals surface area contributed by atoms with Gasteiger partial charge in [0.2, 0.25) is 5.91 Å². The van der Waals surface area contributed by atoms with Crippen LogP contribution in [0.2, 0.25) is 0 Å². The Balaban J connectivity index is 2.09. The van der Waals surface area contributed by atoms with Crippen LogP contribution in [0.4, 0.5) is 0 Å². The quantitative estimate of drug-likeness (QED) is 0.580. The summed E-state index contributed by atoms with van der Waals surface area (Å²) in [7, 11) is 0. The fourth-order valence-corrected chi connectivity index (χ4v) is 2.88. The molecule has 0 aromatic heterocycles. The van der Waals surface area contributed by atoms with E-state index in [4.69, 9.17) is 5.73 Å². The summed E-state index contributed by atoms with van der Waals surface area (Å²) < 4.78 is 0. The van der Waals surface area contributed by atoms with Gasteiger partial charge in [-0.05, 0) is 45.2 Å². The SMILES string of the molecule is C=C(C)[C@H]1C(=O)N2C(C)=C(CCCN)C[C@H]12. The van der Waals surface area contributed by atoms with Crippen LogP contribution in [0.5, 0.6) is 0 Å². The Labute approximate surface area is 97.0 Å². The summed E-state index contributed by atoms with van der Waals surface area (Å²) in [6.45, 7) is 8.64. The van der Waals surface area contributed by atoms with E-state index >= 15 is 0 Å². The van der Waals surface area contributed by atoms with E-state index in [2.05, 4.69) is 13.5 Å². The molecule has 0 spiro atoms. The van der Waals surface area contributed by atoms with E-state index in [1.165, 1.54) is 11.3 Å². The fourth-order valence-electron chi connectivity index (χ4n) is 2.88. The van der Waals surface area contributed by atoms with Gasteiger partial charge in [0.15, 0.2) is 0 Å². The minimum absolute atomic E-state index is 0.0605. The lowest BCUT2D eigenvalue weighted by atomic mass is 9.82. The van der Waals surface area contributed by atoms with Crippen LogP contribution in [0.25, 0.3) is 0 Å². The molecule has 0 saturated carbocycles. The van der Waals surface area contributed by atoms with Crippen molar-refractivity contribution in [2.75, 3.05) is 6.54 Å². The van der Waals surface area contributed by atoms with E-state index in [0.29, 0.717) is 6.04 Å². The molecule has 2 N–H and O–H groups in total. The van der Waals surface area contributed by atoms with Gasteiger partial charge in [-0.3, -0.25) is 4.79 Å². The van der Waals surface area contributed by atoms with Gasteiger partial charge in [-0.15, -0.1) is 0 Å². The second-order valence-electron chi connectivity index (χ2n) is 4.88. The number of fused-ring (bicyclic) bond motifs is 1. The van der Waals surface area contributed by atoms with Crippen molar-refractivity contribution in [1.82, 2.24) is 4.90 Å². The standard InChI is InChI=1S/C13H20N2O/c1-8(2)12-11-7-10(5-4-6-14)9(3)15(11)13(12)16/h11-12H,1,4-7,14H2,2-3H3/t11-,12-/m1/s1. The summed E-state index contributed by atoms with van der Waals surface area (Å²) in [6, 6.07) is 0.359. The third-order valence-corrected chi connectivity index (χ3v) is 3.76. The number of hydrogen-bond acceptors (Lipinski definition) is 2. The molecule has 3 nitrogen and oxygen atoms in total. The van der Waals surface area contributed by atoms with Crippen molar-refractivity contribution in [3.05, 3.63) is 23.4 Å². The summed E-state index contributed by atoms with van der Waals surface area (Å²) >= 11 is 0. The Kier molecular flexibility index (Phi) is 2.89. The average Bonchev–Trinajstić information content (AvgIpc) is 2.47. The van der Waals surface area contributed by atoms with Gasteiger partial charge in [0.25, 0.3) is 0 Å². The lowest BCUT2D eigenvalue weighted by Crippen LogP contribution is -2.57. The predicted octanol–water partition coefficient (Wildman–Crippen LogP) is 1.81. The third kappa shape index (κ3) is 1.50. The molecule has 2 aliphatic rings. The molecular weight excluding hydrogens is 200 g/mol. The highest BCUT2D eigenvalue weighted by Gasteiger charge is 2.51. The van der Waals surface area contributed by atoms with Crippen LogP contribution >= 0.6 is 0 Å². The molecule has 2 atom stereocenters. The maximum absolute atomic E-state index is 11.9. The minimum atomic E-state index is 0.0605. The molecule has 2 aliphatic heterocycles. The van der Waals surface area contributed by atoms with E-state index in [1.807, 2.05) is 11.8 Å². The summed E-state index contributed by atoms with van der Waals surface area (Å²) in [5.74, 6) is 0.295. The first-order valence-corrected chi connectivity index (χ1v) is 5.95. The molecule has 2 heterocycles. The first-order valence-electron chi connectivity index (χ1n) is 5.95. The molecule has 1 saturated heterocycles. The van der Waals surface area contributed by atoms with E-state index in [1.54, 1.807) is 0 Å². The number of allylic oxidation sites excluding steroid dienone is 1. The summed E-state index contributed by atoms with van der Waals surface area (Å²) in [4.78, 5) is 13.9. The zero-order valence-corrected chi connectivity index (χ0v) is 10.1. The number of hydrogen-bond donors (Lipinski definition) is 1. The zero-order valence-electron chi connectivity index (χ0n) is 10.1. The number of nitrogens with two attached hydrogens (primary N) is 1. The van der Waals surface area contributed by atoms with Crippen LogP contribution < -0.4 is 5.73 Å². The molecular formula is C13H20N2O. The molecule has 16 heavy (non-hydrogen) atoms. The Morgan fingerprint density at radius 1 is 1.62 bits per heavy atom. The van der Waals surface area contributed by atoms with Gasteiger partial charge in [0.1, 0.15) is 0 Å². The fraction of sp³-hybridized carbons (Fsp3) is 0.615. The largest absolute Gasteiger partial charge is 0.330 e. The maximum atomic E-state index is 11.9. The minimum Gasteiger partial charge on any atom is -0.330 e. The highest BCUT2D eigenvalue weighted by Crippen LogP contribution is 2.45. The highest BCUT2D eigenvalue weighted by atomic mass is 16.2. The lowest BCUT2D eigenvalue weighted by molar-refractivity contribution is -0.147. The van der Waals surface area contributed by atoms with Crippen molar-refractivity contribution in [2.45, 2.75) is 39.2 Å². The van der Waals surface area contributed by atoms with Gasteiger partial charge in [-0.1, -0.05) is 12.2 Å². The van der Waals surface area contributed by atoms with Crippen LogP contribution in [-0.4, -0.2) is 23.4 Å². The first kappa shape index (κ1) is 11.4. The average molecular weight is 220 g/mol. The number of β-lactam (4-membered cyclic amide) rings is 1. The number of rotatable bonds is 4. The Morgan fingerprint density at radius 2 is 2.31 bits per heavy atom. The van der Waals surface area contributed by atoms with Crippen LogP contribution in [0.3, 0.4) is 0 Å². The van der Waals surface area contributed by atoms with Gasteiger partial charge in [0.05, 0.1) is 12.0 Å². The van der Waals surface area contributed by atoms with Crippen LogP contribution in [0.15, 0.2) is 23.4 Å². The summed E-state index contributed by atoms with van der Waals surface area (Å²) in [5.41, 5.74) is 9.10. The molecule has 88 valence electrons. The molecule has 0 unspecified atom stereocenters. The van der Waals surface area contributed by atoms with Gasteiger partial charge < -0.3 is 10.6 Å². The molecule has 1 amide bonds. The molecule has 0 bridgehead atoms. The smallest absolute Gasteiger partial charge is 0.236 e. The third-order valence-electron chi connectivity index (χ3n) is 3.76. The van der Waals surface area contributed by atoms with Crippen LogP contribution in [-0.2, 0) is 4.79 Å². The molecule has 2 rings (SSSR count). The summed E-state index contributed by atoms with van der Waals surface area (Å²) in [5, 5.41) is 0. The normalized spacial score (nSPS) is 28.2. The molecule has 1 fully saturated rings. The first-order chi connectivity index (χ1) is 7.57. The van der Waals surface area contributed by atoms with Crippen molar-refractivity contribution in [1.29, 1.82) is 0 Å². The molecule has 0 aromatic rings. The molecule has 0 radical (unpaired) electrons. The van der Waals surface area contributed by atoms with Gasteiger partial charge in [0, 0.05) is 5.70 Å². The molecule has 3 heteroatoms. The Bertz CT molecular complexity index is 370. The van der Waals surface area contributed by atoms with Crippen molar-refractivity contribution >= 4 is 5.91 Å². The van der Waals surface area contributed by atoms with Crippen molar-refractivity contribution in [3.63, 3.8) is 0 Å². The zero-order chi connectivity index (χ0) is 11.9. The topological polar surface area (TPSA) is 46.3 Å². The number of carbonyl (C=O) groups excluding carboxylic acids is 1. The summed E-state index contributed by atoms with van der Waals surface area (Å²) in [6.07, 6.45) is 3.07. The molecule has 0 aliphatic carbocycles. The highest BCUT2D eigenvalue weighted by molar-refractivity contribution is 5.91. The Morgan fingerprint density at radius 3 is 2.88 bits per heavy atom. The van der Waals surface area contributed by atoms with E-state index in [0.717, 1.165) is 31.4 Å². The van der Waals surface area contributed by atoms with Crippen molar-refractivity contribution < 1.29 is 4.79 Å². The Hall–Kier alpha value is -1.09. The number of amides is 1. The predicted molar refractivity (Wildman–Crippen MR) is 64.5 cm³/mol. The molecule has 0 aromatic carbocycles. The number of carbonyl (C=O) groups is 1. The van der Waals surface area contributed by atoms with Gasteiger partial charge in [-0.25, -0.2) is 0 Å². The second kappa shape index (κ2) is 4.06.